The molecule has 162 valence electrons. The number of ether oxygens (including phenoxy) is 2. The molecule has 0 spiro atoms. The van der Waals surface area contributed by atoms with Crippen molar-refractivity contribution in [2.75, 3.05) is 52.7 Å². The number of fused-ring (bicyclic) bond motifs is 1. The summed E-state index contributed by atoms with van der Waals surface area (Å²) in [6.45, 7) is 8.95. The van der Waals surface area contributed by atoms with E-state index in [-0.39, 0.29) is 0 Å². The molecule has 2 heterocycles. The van der Waals surface area contributed by atoms with E-state index >= 15 is 0 Å². The van der Waals surface area contributed by atoms with Crippen molar-refractivity contribution < 1.29 is 9.47 Å². The van der Waals surface area contributed by atoms with Crippen LogP contribution in [-0.4, -0.2) is 68.6 Å². The lowest BCUT2D eigenvalue weighted by atomic mass is 9.85. The van der Waals surface area contributed by atoms with Gasteiger partial charge in [0, 0.05) is 43.5 Å². The average molecular weight is 427 g/mol. The van der Waals surface area contributed by atoms with Crippen LogP contribution in [0.15, 0.2) is 47.4 Å². The van der Waals surface area contributed by atoms with Crippen molar-refractivity contribution in [2.45, 2.75) is 36.8 Å². The second kappa shape index (κ2) is 10.2. The second-order valence-corrected chi connectivity index (χ2v) is 9.45. The number of likely N-dealkylation sites (N-methyl/N-ethyl adjacent to an activating group) is 1. The Morgan fingerprint density at radius 2 is 1.97 bits per heavy atom. The maximum atomic E-state index is 6.12. The summed E-state index contributed by atoms with van der Waals surface area (Å²) in [4.78, 5) is 6.21. The van der Waals surface area contributed by atoms with E-state index in [1.54, 1.807) is 11.8 Å². The van der Waals surface area contributed by atoms with Gasteiger partial charge in [-0.1, -0.05) is 18.2 Å². The van der Waals surface area contributed by atoms with Crippen LogP contribution < -0.4 is 4.74 Å². The van der Waals surface area contributed by atoms with Crippen molar-refractivity contribution in [3.8, 4) is 5.75 Å². The minimum absolute atomic E-state index is 0.349. The molecule has 0 radical (unpaired) electrons. The lowest BCUT2D eigenvalue weighted by Gasteiger charge is -2.33. The van der Waals surface area contributed by atoms with Gasteiger partial charge in [0.25, 0.3) is 0 Å². The first-order chi connectivity index (χ1) is 14.6. The van der Waals surface area contributed by atoms with Crippen LogP contribution in [0, 0.1) is 0 Å². The predicted octanol–water partition coefficient (Wildman–Crippen LogP) is 4.48. The molecule has 1 saturated heterocycles. The van der Waals surface area contributed by atoms with Crippen LogP contribution in [0.25, 0.3) is 0 Å². The number of nitrogens with zero attached hydrogens (tertiary/aromatic N) is 2. The zero-order valence-corrected chi connectivity index (χ0v) is 19.3. The van der Waals surface area contributed by atoms with Crippen LogP contribution in [-0.2, 0) is 11.3 Å². The second-order valence-electron chi connectivity index (χ2n) is 8.57. The molecule has 4 nitrogen and oxygen atoms in total. The van der Waals surface area contributed by atoms with E-state index in [1.165, 1.54) is 21.6 Å². The molecular weight excluding hydrogens is 392 g/mol. The summed E-state index contributed by atoms with van der Waals surface area (Å²) >= 11 is 1.79. The molecule has 2 atom stereocenters. The number of thioether (sulfide) groups is 1. The van der Waals surface area contributed by atoms with Gasteiger partial charge < -0.3 is 14.4 Å². The van der Waals surface area contributed by atoms with E-state index in [1.807, 2.05) is 0 Å². The normalized spacial score (nSPS) is 22.6. The predicted molar refractivity (Wildman–Crippen MR) is 125 cm³/mol. The van der Waals surface area contributed by atoms with Gasteiger partial charge in [-0.05, 0) is 67.6 Å². The topological polar surface area (TPSA) is 24.9 Å². The van der Waals surface area contributed by atoms with Crippen molar-refractivity contribution in [2.24, 2.45) is 0 Å². The SMILES string of the molecule is CSc1ccc(C2CN(C)Cc3cc(OCCCN4CCOC(C)C4)ccc32)cc1. The fourth-order valence-corrected chi connectivity index (χ4v) is 5.02. The third-order valence-corrected chi connectivity index (χ3v) is 6.90. The molecule has 2 aromatic carbocycles. The first-order valence-electron chi connectivity index (χ1n) is 11.0. The number of rotatable bonds is 7. The molecule has 0 saturated carbocycles. The van der Waals surface area contributed by atoms with Crippen LogP contribution in [0.3, 0.4) is 0 Å². The number of benzene rings is 2. The fraction of sp³-hybridized carbons (Fsp3) is 0.520. The fourth-order valence-electron chi connectivity index (χ4n) is 4.61. The smallest absolute Gasteiger partial charge is 0.119 e. The molecule has 2 aromatic rings. The first-order valence-corrected chi connectivity index (χ1v) is 12.3. The molecule has 5 heteroatoms. The Labute approximate surface area is 185 Å². The van der Waals surface area contributed by atoms with Gasteiger partial charge >= 0.3 is 0 Å². The van der Waals surface area contributed by atoms with E-state index in [0.29, 0.717) is 12.0 Å². The highest BCUT2D eigenvalue weighted by molar-refractivity contribution is 7.98. The molecule has 0 aliphatic carbocycles. The zero-order chi connectivity index (χ0) is 20.9. The molecule has 2 aliphatic heterocycles. The Bertz CT molecular complexity index is 826. The molecular formula is C25H34N2O2S. The number of hydrogen-bond donors (Lipinski definition) is 0. The zero-order valence-electron chi connectivity index (χ0n) is 18.5. The van der Waals surface area contributed by atoms with Crippen LogP contribution in [0.4, 0.5) is 0 Å². The highest BCUT2D eigenvalue weighted by Crippen LogP contribution is 2.35. The molecule has 1 fully saturated rings. The summed E-state index contributed by atoms with van der Waals surface area (Å²) in [6, 6.07) is 15.7. The van der Waals surface area contributed by atoms with Gasteiger partial charge in [0.1, 0.15) is 5.75 Å². The Morgan fingerprint density at radius 1 is 1.13 bits per heavy atom. The average Bonchev–Trinajstić information content (AvgIpc) is 2.76. The van der Waals surface area contributed by atoms with Gasteiger partial charge in [0.05, 0.1) is 19.3 Å². The van der Waals surface area contributed by atoms with Crippen molar-refractivity contribution >= 4 is 11.8 Å². The largest absolute Gasteiger partial charge is 0.494 e. The maximum Gasteiger partial charge on any atom is 0.119 e. The van der Waals surface area contributed by atoms with Crippen molar-refractivity contribution in [1.29, 1.82) is 0 Å². The molecule has 0 bridgehead atoms. The Balaban J connectivity index is 1.37. The summed E-state index contributed by atoms with van der Waals surface area (Å²) in [5.41, 5.74) is 4.23. The van der Waals surface area contributed by atoms with Gasteiger partial charge in [0.15, 0.2) is 0 Å². The van der Waals surface area contributed by atoms with E-state index in [0.717, 1.165) is 58.1 Å². The van der Waals surface area contributed by atoms with E-state index < -0.39 is 0 Å². The Hall–Kier alpha value is -1.53. The number of hydrogen-bond acceptors (Lipinski definition) is 5. The van der Waals surface area contributed by atoms with Gasteiger partial charge in [0.2, 0.25) is 0 Å². The maximum absolute atomic E-state index is 6.12. The first kappa shape index (κ1) is 21.7. The molecule has 2 aliphatic rings. The highest BCUT2D eigenvalue weighted by atomic mass is 32.2. The summed E-state index contributed by atoms with van der Waals surface area (Å²) < 4.78 is 11.7. The Morgan fingerprint density at radius 3 is 2.73 bits per heavy atom. The van der Waals surface area contributed by atoms with Gasteiger partial charge in [-0.2, -0.15) is 0 Å². The Kier molecular flexibility index (Phi) is 7.37. The summed E-state index contributed by atoms with van der Waals surface area (Å²) in [5, 5.41) is 0. The lowest BCUT2D eigenvalue weighted by molar-refractivity contribution is -0.0193. The summed E-state index contributed by atoms with van der Waals surface area (Å²) in [6.07, 6.45) is 3.53. The van der Waals surface area contributed by atoms with Crippen molar-refractivity contribution in [3.05, 3.63) is 59.2 Å². The molecule has 0 aromatic heterocycles. The third kappa shape index (κ3) is 5.38. The quantitative estimate of drug-likeness (QED) is 0.480. The van der Waals surface area contributed by atoms with E-state index in [9.17, 15) is 0 Å². The van der Waals surface area contributed by atoms with Gasteiger partial charge in [-0.3, -0.25) is 4.90 Å². The molecule has 4 rings (SSSR count). The van der Waals surface area contributed by atoms with E-state index in [4.69, 9.17) is 9.47 Å². The molecule has 2 unspecified atom stereocenters. The van der Waals surface area contributed by atoms with Crippen LogP contribution in [0.1, 0.15) is 36.0 Å². The van der Waals surface area contributed by atoms with Crippen molar-refractivity contribution in [1.82, 2.24) is 9.80 Å². The number of morpholine rings is 1. The van der Waals surface area contributed by atoms with Crippen molar-refractivity contribution in [3.63, 3.8) is 0 Å². The van der Waals surface area contributed by atoms with Crippen LogP contribution in [0.5, 0.6) is 5.75 Å². The minimum atomic E-state index is 0.349. The third-order valence-electron chi connectivity index (χ3n) is 6.16. The molecule has 0 amide bonds. The molecule has 30 heavy (non-hydrogen) atoms. The lowest BCUT2D eigenvalue weighted by Crippen LogP contribution is -2.41. The monoisotopic (exact) mass is 426 g/mol. The summed E-state index contributed by atoms with van der Waals surface area (Å²) in [5.74, 6) is 1.42. The van der Waals surface area contributed by atoms with Crippen LogP contribution >= 0.6 is 11.8 Å². The van der Waals surface area contributed by atoms with Crippen LogP contribution in [0.2, 0.25) is 0 Å². The molecule has 0 N–H and O–H groups in total. The minimum Gasteiger partial charge on any atom is -0.494 e. The summed E-state index contributed by atoms with van der Waals surface area (Å²) in [7, 11) is 2.21. The standard InChI is InChI=1S/C25H34N2O2S/c1-19-16-27(12-14-28-19)11-4-13-29-22-7-10-24-21(15-22)17-26(2)18-25(24)20-5-8-23(30-3)9-6-20/h5-10,15,19,25H,4,11-14,16-18H2,1-3H3. The van der Waals surface area contributed by atoms with Gasteiger partial charge in [-0.25, -0.2) is 0 Å². The highest BCUT2D eigenvalue weighted by Gasteiger charge is 2.25. The van der Waals surface area contributed by atoms with Gasteiger partial charge in [-0.15, -0.1) is 11.8 Å². The van der Waals surface area contributed by atoms with E-state index in [2.05, 4.69) is 72.5 Å².